The molecule has 1 saturated carbocycles. The Morgan fingerprint density at radius 1 is 0.971 bits per heavy atom. The molecule has 2 N–H and O–H groups in total. The van der Waals surface area contributed by atoms with Gasteiger partial charge in [-0.3, -0.25) is 9.36 Å². The Kier molecular flexibility index (Phi) is 4.82. The summed E-state index contributed by atoms with van der Waals surface area (Å²) < 4.78 is 41.2. The first-order valence-corrected chi connectivity index (χ1v) is 11.5. The third-order valence-electron chi connectivity index (χ3n) is 7.10. The molecule has 0 saturated heterocycles. The highest BCUT2D eigenvalue weighted by Gasteiger charge is 2.43. The Labute approximate surface area is 194 Å². The molecule has 0 amide bonds. The molecule has 2 aliphatic heterocycles. The van der Waals surface area contributed by atoms with E-state index >= 15 is 0 Å². The van der Waals surface area contributed by atoms with Crippen LogP contribution in [0.1, 0.15) is 42.0 Å². The fourth-order valence-electron chi connectivity index (χ4n) is 5.50. The molecular formula is C25H24F3N5O. The van der Waals surface area contributed by atoms with Gasteiger partial charge in [0.1, 0.15) is 17.7 Å². The molecule has 1 unspecified atom stereocenters. The molecule has 0 bridgehead atoms. The summed E-state index contributed by atoms with van der Waals surface area (Å²) in [4.78, 5) is 19.5. The lowest BCUT2D eigenvalue weighted by Gasteiger charge is -2.26. The van der Waals surface area contributed by atoms with E-state index in [-0.39, 0.29) is 23.8 Å². The number of hydrogen-bond donors (Lipinski definition) is 2. The number of aromatic nitrogens is 2. The number of benzene rings is 2. The zero-order chi connectivity index (χ0) is 23.4. The maximum Gasteiger partial charge on any atom is 0.416 e. The second-order valence-electron chi connectivity index (χ2n) is 9.23. The summed E-state index contributed by atoms with van der Waals surface area (Å²) in [7, 11) is 0. The molecule has 176 valence electrons. The maximum atomic E-state index is 13.2. The number of fused-ring (bicyclic) bond motifs is 5. The first-order chi connectivity index (χ1) is 16.4. The van der Waals surface area contributed by atoms with Crippen molar-refractivity contribution in [3.05, 3.63) is 81.6 Å². The van der Waals surface area contributed by atoms with Gasteiger partial charge in [-0.1, -0.05) is 42.5 Å². The summed E-state index contributed by atoms with van der Waals surface area (Å²) in [6, 6.07) is 15.6. The highest BCUT2D eigenvalue weighted by Crippen LogP contribution is 2.45. The highest BCUT2D eigenvalue weighted by molar-refractivity contribution is 5.75. The van der Waals surface area contributed by atoms with Crippen LogP contribution in [0, 0.1) is 0 Å². The molecule has 0 spiro atoms. The quantitative estimate of drug-likeness (QED) is 0.578. The Balaban J connectivity index is 1.38. The predicted octanol–water partition coefficient (Wildman–Crippen LogP) is 4.78. The van der Waals surface area contributed by atoms with Crippen molar-refractivity contribution in [1.29, 1.82) is 0 Å². The van der Waals surface area contributed by atoms with Gasteiger partial charge in [0.25, 0.3) is 5.56 Å². The zero-order valence-corrected chi connectivity index (χ0v) is 18.3. The molecule has 9 heteroatoms. The van der Waals surface area contributed by atoms with Crippen LogP contribution in [-0.4, -0.2) is 21.8 Å². The Bertz CT molecular complexity index is 1270. The lowest BCUT2D eigenvalue weighted by molar-refractivity contribution is -0.137. The van der Waals surface area contributed by atoms with E-state index in [9.17, 15) is 18.0 Å². The summed E-state index contributed by atoms with van der Waals surface area (Å²) in [5, 5.41) is 6.94. The topological polar surface area (TPSA) is 62.2 Å². The molecule has 6 rings (SSSR count). The van der Waals surface area contributed by atoms with Crippen LogP contribution in [0.15, 0.2) is 59.4 Å². The van der Waals surface area contributed by atoms with E-state index in [0.29, 0.717) is 24.6 Å². The van der Waals surface area contributed by atoms with Crippen LogP contribution in [0.5, 0.6) is 0 Å². The van der Waals surface area contributed by atoms with E-state index in [2.05, 4.69) is 20.2 Å². The average molecular weight is 467 g/mol. The van der Waals surface area contributed by atoms with Gasteiger partial charge in [-0.2, -0.15) is 18.2 Å². The highest BCUT2D eigenvalue weighted by atomic mass is 19.4. The van der Waals surface area contributed by atoms with Gasteiger partial charge in [0.2, 0.25) is 5.95 Å². The third-order valence-corrected chi connectivity index (χ3v) is 7.10. The van der Waals surface area contributed by atoms with Crippen LogP contribution in [0.4, 0.5) is 30.6 Å². The minimum atomic E-state index is -4.37. The number of alkyl halides is 3. The molecule has 1 aromatic heterocycles. The molecule has 34 heavy (non-hydrogen) atoms. The van der Waals surface area contributed by atoms with Crippen LogP contribution < -0.4 is 21.1 Å². The molecule has 6 nitrogen and oxygen atoms in total. The van der Waals surface area contributed by atoms with Gasteiger partial charge in [0, 0.05) is 19.0 Å². The second-order valence-corrected chi connectivity index (χ2v) is 9.23. The van der Waals surface area contributed by atoms with E-state index in [1.807, 2.05) is 35.2 Å². The first-order valence-electron chi connectivity index (χ1n) is 11.5. The lowest BCUT2D eigenvalue weighted by Crippen LogP contribution is -2.38. The van der Waals surface area contributed by atoms with Crippen molar-refractivity contribution >= 4 is 17.5 Å². The van der Waals surface area contributed by atoms with Crippen LogP contribution >= 0.6 is 0 Å². The van der Waals surface area contributed by atoms with Gasteiger partial charge in [0.05, 0.1) is 11.6 Å². The number of nitrogens with zero attached hydrogens (tertiary/aromatic N) is 3. The fraction of sp³-hybridized carbons (Fsp3) is 0.360. The van der Waals surface area contributed by atoms with Crippen molar-refractivity contribution in [2.24, 2.45) is 0 Å². The number of rotatable bonds is 4. The van der Waals surface area contributed by atoms with Crippen LogP contribution in [-0.2, 0) is 19.1 Å². The number of hydrogen-bond acceptors (Lipinski definition) is 5. The van der Waals surface area contributed by atoms with Crippen LogP contribution in [0.3, 0.4) is 0 Å². The summed E-state index contributed by atoms with van der Waals surface area (Å²) in [5.41, 5.74) is 1.36. The normalized spacial score (nSPS) is 22.7. The van der Waals surface area contributed by atoms with E-state index in [0.717, 1.165) is 48.3 Å². The lowest BCUT2D eigenvalue weighted by atomic mass is 10.1. The Morgan fingerprint density at radius 3 is 2.47 bits per heavy atom. The predicted molar refractivity (Wildman–Crippen MR) is 124 cm³/mol. The molecule has 2 aromatic carbocycles. The van der Waals surface area contributed by atoms with Gasteiger partial charge in [-0.15, -0.1) is 0 Å². The monoisotopic (exact) mass is 467 g/mol. The minimum absolute atomic E-state index is 0.243. The SMILES string of the molecule is O=c1nc2n(c3c1N(Cc1ccccc1)C(Cc1ccc(C(F)(F)F)cc1)N3)[C@H]1CCC[C@H]1N2. The van der Waals surface area contributed by atoms with E-state index in [1.54, 1.807) is 0 Å². The van der Waals surface area contributed by atoms with Gasteiger partial charge in [0.15, 0.2) is 0 Å². The maximum absolute atomic E-state index is 13.2. The molecular weight excluding hydrogens is 443 g/mol. The Morgan fingerprint density at radius 2 is 1.74 bits per heavy atom. The van der Waals surface area contributed by atoms with E-state index in [4.69, 9.17) is 0 Å². The third kappa shape index (κ3) is 3.50. The van der Waals surface area contributed by atoms with E-state index < -0.39 is 11.7 Å². The van der Waals surface area contributed by atoms with Gasteiger partial charge < -0.3 is 15.5 Å². The number of halogens is 3. The van der Waals surface area contributed by atoms with Crippen LogP contribution in [0.2, 0.25) is 0 Å². The van der Waals surface area contributed by atoms with Crippen LogP contribution in [0.25, 0.3) is 0 Å². The summed E-state index contributed by atoms with van der Waals surface area (Å²) in [6.07, 6.45) is -1.04. The summed E-state index contributed by atoms with van der Waals surface area (Å²) >= 11 is 0. The van der Waals surface area contributed by atoms with Crippen molar-refractivity contribution in [2.45, 2.75) is 56.7 Å². The van der Waals surface area contributed by atoms with Gasteiger partial charge in [-0.05, 0) is 42.5 Å². The molecule has 3 atom stereocenters. The summed E-state index contributed by atoms with van der Waals surface area (Å²) in [6.45, 7) is 0.490. The standard InChI is InChI=1S/C25H24F3N5O/c26-25(27,28)17-11-9-15(10-12-17)13-20-30-22-21(32(20)14-16-5-2-1-3-6-16)23(34)31-24-29-18-7-4-8-19(18)33(22)24/h1-3,5-6,9-12,18-20,30H,4,7-8,13-14H2,(H,29,31,34)/t18-,19+,20?/m1/s1. The minimum Gasteiger partial charge on any atom is -0.351 e. The molecule has 1 aliphatic carbocycles. The average Bonchev–Trinajstić information content (AvgIpc) is 3.48. The van der Waals surface area contributed by atoms with Crippen molar-refractivity contribution in [2.75, 3.05) is 15.5 Å². The number of anilines is 3. The molecule has 3 heterocycles. The van der Waals surface area contributed by atoms with Gasteiger partial charge >= 0.3 is 6.18 Å². The first kappa shape index (κ1) is 21.1. The number of nitrogens with one attached hydrogen (secondary N) is 2. The van der Waals surface area contributed by atoms with E-state index in [1.165, 1.54) is 12.1 Å². The van der Waals surface area contributed by atoms with Crippen molar-refractivity contribution in [3.63, 3.8) is 0 Å². The second kappa shape index (κ2) is 7.78. The smallest absolute Gasteiger partial charge is 0.351 e. The molecule has 1 fully saturated rings. The fourth-order valence-corrected chi connectivity index (χ4v) is 5.50. The molecule has 3 aliphatic rings. The van der Waals surface area contributed by atoms with Gasteiger partial charge in [-0.25, -0.2) is 0 Å². The van der Waals surface area contributed by atoms with Crippen molar-refractivity contribution in [1.82, 2.24) is 9.55 Å². The largest absolute Gasteiger partial charge is 0.416 e. The zero-order valence-electron chi connectivity index (χ0n) is 18.3. The van der Waals surface area contributed by atoms with Crippen molar-refractivity contribution < 1.29 is 13.2 Å². The summed E-state index contributed by atoms with van der Waals surface area (Å²) in [5.74, 6) is 1.35. The Hall–Kier alpha value is -3.49. The van der Waals surface area contributed by atoms with Crippen molar-refractivity contribution in [3.8, 4) is 0 Å². The molecule has 3 aromatic rings. The molecule has 0 radical (unpaired) electrons.